The van der Waals surface area contributed by atoms with Crippen LogP contribution in [0.3, 0.4) is 0 Å². The summed E-state index contributed by atoms with van der Waals surface area (Å²) in [6.07, 6.45) is 5.50. The van der Waals surface area contributed by atoms with Gasteiger partial charge >= 0.3 is 6.03 Å². The molecule has 1 aromatic rings. The Kier molecular flexibility index (Phi) is 4.59. The summed E-state index contributed by atoms with van der Waals surface area (Å²) in [7, 11) is 0. The monoisotopic (exact) mass is 318 g/mol. The van der Waals surface area contributed by atoms with E-state index in [1.165, 1.54) is 0 Å². The summed E-state index contributed by atoms with van der Waals surface area (Å²) in [5, 5.41) is 5.66. The fourth-order valence-corrected chi connectivity index (χ4v) is 2.46. The number of urea groups is 1. The first kappa shape index (κ1) is 15.5. The first-order chi connectivity index (χ1) is 11.1. The average Bonchev–Trinajstić information content (AvgIpc) is 3.39. The highest BCUT2D eigenvalue weighted by atomic mass is 16.2. The van der Waals surface area contributed by atoms with Crippen molar-refractivity contribution in [2.24, 2.45) is 0 Å². The number of carbonyl (C=O) groups is 2. The molecule has 1 aliphatic heterocycles. The number of amides is 3. The molecule has 1 atom stereocenters. The summed E-state index contributed by atoms with van der Waals surface area (Å²) in [6, 6.07) is 1.37. The number of carbonyl (C=O) groups excluding carboxylic acids is 2. The van der Waals surface area contributed by atoms with E-state index < -0.39 is 6.04 Å². The van der Waals surface area contributed by atoms with Crippen molar-refractivity contribution in [1.29, 1.82) is 0 Å². The van der Waals surface area contributed by atoms with E-state index in [4.69, 9.17) is 0 Å². The van der Waals surface area contributed by atoms with Crippen molar-refractivity contribution in [2.75, 3.05) is 31.1 Å². The molecule has 0 radical (unpaired) electrons. The number of hydrogen-bond donors (Lipinski definition) is 2. The quantitative estimate of drug-likeness (QED) is 0.814. The molecule has 23 heavy (non-hydrogen) atoms. The zero-order chi connectivity index (χ0) is 16.2. The van der Waals surface area contributed by atoms with E-state index in [0.29, 0.717) is 38.2 Å². The standard InChI is InChI=1S/C15H22N6O2/c1-11(13(22)19-12-3-4-12)18-15(23)21-9-7-20(8-10-21)14-16-5-2-6-17-14/h2,5-6,11-12H,3-4,7-10H2,1H3,(H,18,23)(H,19,22). The van der Waals surface area contributed by atoms with Crippen molar-refractivity contribution in [3.8, 4) is 0 Å². The fraction of sp³-hybridized carbons (Fsp3) is 0.600. The van der Waals surface area contributed by atoms with Crippen molar-refractivity contribution in [2.45, 2.75) is 31.8 Å². The molecule has 8 heteroatoms. The summed E-state index contributed by atoms with van der Waals surface area (Å²) in [5.41, 5.74) is 0. The molecule has 2 heterocycles. The minimum atomic E-state index is -0.515. The first-order valence-corrected chi connectivity index (χ1v) is 8.01. The SMILES string of the molecule is CC(NC(=O)N1CCN(c2ncccn2)CC1)C(=O)NC1CC1. The Morgan fingerprint density at radius 1 is 1.17 bits per heavy atom. The number of nitrogens with zero attached hydrogens (tertiary/aromatic N) is 4. The van der Waals surface area contributed by atoms with Crippen LogP contribution in [0.1, 0.15) is 19.8 Å². The van der Waals surface area contributed by atoms with Gasteiger partial charge in [-0.1, -0.05) is 0 Å². The van der Waals surface area contributed by atoms with Gasteiger partial charge in [-0.05, 0) is 25.8 Å². The molecular formula is C15H22N6O2. The normalized spacial score (nSPS) is 19.2. The molecule has 2 fully saturated rings. The molecule has 2 aliphatic rings. The van der Waals surface area contributed by atoms with Crippen molar-refractivity contribution >= 4 is 17.9 Å². The van der Waals surface area contributed by atoms with Crippen LogP contribution in [0.5, 0.6) is 0 Å². The highest BCUT2D eigenvalue weighted by Gasteiger charge is 2.28. The van der Waals surface area contributed by atoms with Crippen molar-refractivity contribution < 1.29 is 9.59 Å². The molecule has 0 spiro atoms. The number of rotatable bonds is 4. The topological polar surface area (TPSA) is 90.5 Å². The Balaban J connectivity index is 1.45. The first-order valence-electron chi connectivity index (χ1n) is 8.01. The molecule has 1 saturated heterocycles. The molecule has 0 bridgehead atoms. The van der Waals surface area contributed by atoms with Crippen LogP contribution in [0.25, 0.3) is 0 Å². The number of nitrogens with one attached hydrogen (secondary N) is 2. The molecule has 2 N–H and O–H groups in total. The van der Waals surface area contributed by atoms with Gasteiger partial charge in [0.25, 0.3) is 0 Å². The Bertz CT molecular complexity index is 554. The van der Waals surface area contributed by atoms with Gasteiger partial charge in [0.1, 0.15) is 6.04 Å². The maximum atomic E-state index is 12.2. The van der Waals surface area contributed by atoms with E-state index in [-0.39, 0.29) is 11.9 Å². The molecule has 1 aromatic heterocycles. The molecular weight excluding hydrogens is 296 g/mol. The third-order valence-electron chi connectivity index (χ3n) is 4.06. The van der Waals surface area contributed by atoms with Gasteiger partial charge in [-0.25, -0.2) is 14.8 Å². The van der Waals surface area contributed by atoms with E-state index in [0.717, 1.165) is 12.8 Å². The van der Waals surface area contributed by atoms with Gasteiger partial charge in [-0.15, -0.1) is 0 Å². The van der Waals surface area contributed by atoms with Gasteiger partial charge in [0.05, 0.1) is 0 Å². The second kappa shape index (κ2) is 6.80. The van der Waals surface area contributed by atoms with Crippen LogP contribution in [-0.2, 0) is 4.79 Å². The molecule has 1 unspecified atom stereocenters. The zero-order valence-corrected chi connectivity index (χ0v) is 13.2. The second-order valence-corrected chi connectivity index (χ2v) is 5.98. The van der Waals surface area contributed by atoms with E-state index in [1.807, 2.05) is 4.90 Å². The lowest BCUT2D eigenvalue weighted by Gasteiger charge is -2.35. The maximum Gasteiger partial charge on any atom is 0.318 e. The van der Waals surface area contributed by atoms with Crippen LogP contribution in [0.4, 0.5) is 10.7 Å². The van der Waals surface area contributed by atoms with Gasteiger partial charge in [-0.2, -0.15) is 0 Å². The van der Waals surface area contributed by atoms with Gasteiger partial charge in [0, 0.05) is 44.6 Å². The summed E-state index contributed by atoms with van der Waals surface area (Å²) < 4.78 is 0. The van der Waals surface area contributed by atoms with Crippen molar-refractivity contribution in [1.82, 2.24) is 25.5 Å². The van der Waals surface area contributed by atoms with Gasteiger partial charge < -0.3 is 20.4 Å². The lowest BCUT2D eigenvalue weighted by Crippen LogP contribution is -2.55. The highest BCUT2D eigenvalue weighted by Crippen LogP contribution is 2.18. The minimum absolute atomic E-state index is 0.114. The number of hydrogen-bond acceptors (Lipinski definition) is 5. The van der Waals surface area contributed by atoms with Crippen LogP contribution in [0.2, 0.25) is 0 Å². The van der Waals surface area contributed by atoms with E-state index in [1.54, 1.807) is 30.3 Å². The predicted octanol–water partition coefficient (Wildman–Crippen LogP) is -0.0247. The highest BCUT2D eigenvalue weighted by molar-refractivity contribution is 5.87. The van der Waals surface area contributed by atoms with Crippen LogP contribution in [-0.4, -0.2) is 65.1 Å². The molecule has 1 saturated carbocycles. The third kappa shape index (κ3) is 4.08. The lowest BCUT2D eigenvalue weighted by molar-refractivity contribution is -0.122. The molecule has 0 aromatic carbocycles. The average molecular weight is 318 g/mol. The van der Waals surface area contributed by atoms with Crippen LogP contribution < -0.4 is 15.5 Å². The molecule has 3 amide bonds. The molecule has 1 aliphatic carbocycles. The summed E-state index contributed by atoms with van der Waals surface area (Å²) >= 11 is 0. The summed E-state index contributed by atoms with van der Waals surface area (Å²) in [6.45, 7) is 4.24. The lowest BCUT2D eigenvalue weighted by atomic mass is 10.3. The molecule has 8 nitrogen and oxygen atoms in total. The largest absolute Gasteiger partial charge is 0.352 e. The predicted molar refractivity (Wildman–Crippen MR) is 85.0 cm³/mol. The Morgan fingerprint density at radius 2 is 1.83 bits per heavy atom. The van der Waals surface area contributed by atoms with E-state index in [2.05, 4.69) is 20.6 Å². The van der Waals surface area contributed by atoms with Gasteiger partial charge in [0.2, 0.25) is 11.9 Å². The third-order valence-corrected chi connectivity index (χ3v) is 4.06. The van der Waals surface area contributed by atoms with Gasteiger partial charge in [-0.3, -0.25) is 4.79 Å². The molecule has 3 rings (SSSR count). The Hall–Kier alpha value is -2.38. The number of piperazine rings is 1. The zero-order valence-electron chi connectivity index (χ0n) is 13.2. The molecule has 124 valence electrons. The van der Waals surface area contributed by atoms with Crippen LogP contribution in [0, 0.1) is 0 Å². The van der Waals surface area contributed by atoms with Gasteiger partial charge in [0.15, 0.2) is 0 Å². The van der Waals surface area contributed by atoms with Crippen LogP contribution >= 0.6 is 0 Å². The fourth-order valence-electron chi connectivity index (χ4n) is 2.46. The maximum absolute atomic E-state index is 12.2. The number of anilines is 1. The van der Waals surface area contributed by atoms with Crippen LogP contribution in [0.15, 0.2) is 18.5 Å². The van der Waals surface area contributed by atoms with Crippen molar-refractivity contribution in [3.63, 3.8) is 0 Å². The summed E-state index contributed by atoms with van der Waals surface area (Å²) in [5.74, 6) is 0.571. The second-order valence-electron chi connectivity index (χ2n) is 5.98. The van der Waals surface area contributed by atoms with E-state index >= 15 is 0 Å². The Morgan fingerprint density at radius 3 is 2.43 bits per heavy atom. The minimum Gasteiger partial charge on any atom is -0.352 e. The summed E-state index contributed by atoms with van der Waals surface area (Å²) in [4.78, 5) is 36.3. The number of aromatic nitrogens is 2. The smallest absolute Gasteiger partial charge is 0.318 e. The Labute approximate surface area is 135 Å². The van der Waals surface area contributed by atoms with Crippen molar-refractivity contribution in [3.05, 3.63) is 18.5 Å². The van der Waals surface area contributed by atoms with E-state index in [9.17, 15) is 9.59 Å².